The first kappa shape index (κ1) is 34.3. The lowest BCUT2D eigenvalue weighted by molar-refractivity contribution is 0.487. The maximum absolute atomic E-state index is 6.79. The number of para-hydroxylation sites is 2. The Balaban J connectivity index is 1.18. The third kappa shape index (κ3) is 5.52. The summed E-state index contributed by atoms with van der Waals surface area (Å²) in [4.78, 5) is 2.45. The minimum Gasteiger partial charge on any atom is -0.458 e. The molecule has 0 saturated heterocycles. The van der Waals surface area contributed by atoms with Crippen LogP contribution in [0.2, 0.25) is 0 Å². The lowest BCUT2D eigenvalue weighted by Gasteiger charge is -2.46. The average molecular weight is 774 g/mol. The van der Waals surface area contributed by atoms with Crippen LogP contribution in [0.1, 0.15) is 0 Å². The Bertz CT molecular complexity index is 2790. The van der Waals surface area contributed by atoms with Crippen LogP contribution in [-0.4, -0.2) is 16.9 Å². The second kappa shape index (κ2) is 14.2. The third-order valence-electron chi connectivity index (χ3n) is 12.1. The molecule has 1 spiro atoms. The van der Waals surface area contributed by atoms with E-state index in [1.807, 2.05) is 0 Å². The molecule has 9 aromatic rings. The molecule has 2 nitrogen and oxygen atoms in total. The molecule has 2 aliphatic heterocycles. The number of rotatable bonds is 6. The van der Waals surface area contributed by atoms with Crippen LogP contribution in [0.3, 0.4) is 0 Å². The van der Waals surface area contributed by atoms with E-state index in [1.165, 1.54) is 58.6 Å². The molecule has 4 heteroatoms. The second-order valence-electron chi connectivity index (χ2n) is 15.2. The fourth-order valence-corrected chi connectivity index (χ4v) is 20.0. The van der Waals surface area contributed by atoms with E-state index in [9.17, 15) is 0 Å². The number of benzene rings is 9. The van der Waals surface area contributed by atoms with Crippen LogP contribution in [0, 0.1) is 0 Å². The van der Waals surface area contributed by atoms with Crippen molar-refractivity contribution in [2.24, 2.45) is 0 Å². The highest BCUT2D eigenvalue weighted by Crippen LogP contribution is 2.38. The average Bonchev–Trinajstić information content (AvgIpc) is 3.30. The molecule has 0 aliphatic carbocycles. The molecule has 0 N–H and O–H groups in total. The van der Waals surface area contributed by atoms with Crippen molar-refractivity contribution in [2.45, 2.75) is 0 Å². The van der Waals surface area contributed by atoms with Crippen molar-refractivity contribution < 1.29 is 4.74 Å². The topological polar surface area (TPSA) is 12.5 Å². The van der Waals surface area contributed by atoms with Gasteiger partial charge in [0.1, 0.15) is 20.3 Å². The molecule has 11 rings (SSSR count). The van der Waals surface area contributed by atoms with Gasteiger partial charge in [-0.05, 0) is 91.5 Å². The van der Waals surface area contributed by atoms with Gasteiger partial charge in [0, 0.05) is 17.1 Å². The number of ether oxygens (including phenoxy) is 1. The molecule has 0 radical (unpaired) electrons. The predicted molar refractivity (Wildman–Crippen MR) is 248 cm³/mol. The first-order valence-electron chi connectivity index (χ1n) is 20.0. The molecule has 2 aliphatic rings. The van der Waals surface area contributed by atoms with Crippen molar-refractivity contribution in [3.63, 3.8) is 0 Å². The van der Waals surface area contributed by atoms with E-state index >= 15 is 0 Å². The van der Waals surface area contributed by atoms with Crippen molar-refractivity contribution in [1.82, 2.24) is 0 Å². The lowest BCUT2D eigenvalue weighted by atomic mass is 10.0. The summed E-state index contributed by atoms with van der Waals surface area (Å²) in [5, 5.41) is 10.00. The second-order valence-corrected chi connectivity index (χ2v) is 21.6. The van der Waals surface area contributed by atoms with Gasteiger partial charge in [-0.1, -0.05) is 198 Å². The van der Waals surface area contributed by atoms with Crippen LogP contribution in [0.5, 0.6) is 11.5 Å². The Hall–Kier alpha value is -6.99. The highest BCUT2D eigenvalue weighted by atomic mass is 28.3. The van der Waals surface area contributed by atoms with Crippen LogP contribution >= 0.6 is 0 Å². The lowest BCUT2D eigenvalue weighted by Crippen LogP contribution is -2.87. The van der Waals surface area contributed by atoms with Crippen LogP contribution < -0.4 is 45.9 Å². The van der Waals surface area contributed by atoms with Gasteiger partial charge in [0.15, 0.2) is 8.07 Å². The monoisotopic (exact) mass is 773 g/mol. The largest absolute Gasteiger partial charge is 0.458 e. The molecule has 1 atom stereocenters. The van der Waals surface area contributed by atoms with Crippen LogP contribution in [0.15, 0.2) is 231 Å². The predicted octanol–water partition coefficient (Wildman–Crippen LogP) is 8.54. The maximum Gasteiger partial charge on any atom is 0.188 e. The first-order chi connectivity index (χ1) is 28.8. The van der Waals surface area contributed by atoms with Crippen molar-refractivity contribution in [3.05, 3.63) is 231 Å². The number of hydrogen-bond acceptors (Lipinski definition) is 2. The zero-order valence-electron chi connectivity index (χ0n) is 31.9. The van der Waals surface area contributed by atoms with Crippen LogP contribution in [0.25, 0.3) is 22.3 Å². The summed E-state index contributed by atoms with van der Waals surface area (Å²) in [5.74, 6) is 1.92. The van der Waals surface area contributed by atoms with Gasteiger partial charge in [-0.15, -0.1) is 0 Å². The normalized spacial score (nSPS) is 14.3. The van der Waals surface area contributed by atoms with Crippen molar-refractivity contribution in [3.8, 4) is 33.8 Å². The minimum atomic E-state index is -2.93. The summed E-state index contributed by atoms with van der Waals surface area (Å²) in [7, 11) is -4.84. The van der Waals surface area contributed by atoms with Crippen molar-refractivity contribution in [1.29, 1.82) is 0 Å². The molecular formula is C54H39NOSi2. The fraction of sp³-hybridized carbons (Fsp3) is 0. The van der Waals surface area contributed by atoms with Crippen LogP contribution in [-0.2, 0) is 0 Å². The van der Waals surface area contributed by atoms with Gasteiger partial charge in [-0.2, -0.15) is 0 Å². The first-order valence-corrected chi connectivity index (χ1v) is 23.8. The zero-order valence-corrected chi connectivity index (χ0v) is 34.0. The molecule has 2 heterocycles. The number of fused-ring (bicyclic) bond motifs is 8. The van der Waals surface area contributed by atoms with E-state index in [4.69, 9.17) is 4.74 Å². The molecular weight excluding hydrogens is 735 g/mol. The van der Waals surface area contributed by atoms with E-state index in [1.54, 1.807) is 0 Å². The highest BCUT2D eigenvalue weighted by Gasteiger charge is 2.53. The smallest absolute Gasteiger partial charge is 0.188 e. The quantitative estimate of drug-likeness (QED) is 0.157. The Labute approximate surface area is 342 Å². The van der Waals surface area contributed by atoms with Crippen molar-refractivity contribution in [2.75, 3.05) is 4.90 Å². The summed E-state index contributed by atoms with van der Waals surface area (Å²) < 4.78 is 6.79. The van der Waals surface area contributed by atoms with E-state index in [0.717, 1.165) is 28.6 Å². The van der Waals surface area contributed by atoms with Gasteiger partial charge in [0.05, 0.1) is 0 Å². The maximum atomic E-state index is 6.79. The van der Waals surface area contributed by atoms with E-state index in [2.05, 4.69) is 235 Å². The summed E-state index contributed by atoms with van der Waals surface area (Å²) in [6.07, 6.45) is 0. The molecule has 0 saturated carbocycles. The molecule has 0 aromatic heterocycles. The Kier molecular flexibility index (Phi) is 8.39. The van der Waals surface area contributed by atoms with Gasteiger partial charge < -0.3 is 9.64 Å². The van der Waals surface area contributed by atoms with Gasteiger partial charge in [-0.25, -0.2) is 0 Å². The Morgan fingerprint density at radius 3 is 1.29 bits per heavy atom. The number of nitrogens with zero attached hydrogens (tertiary/aromatic N) is 1. The van der Waals surface area contributed by atoms with Crippen molar-refractivity contribution >= 4 is 70.2 Å². The summed E-state index contributed by atoms with van der Waals surface area (Å²) in [6, 6.07) is 85.1. The van der Waals surface area contributed by atoms with Gasteiger partial charge in [0.2, 0.25) is 0 Å². The Morgan fingerprint density at radius 1 is 0.328 bits per heavy atom. The van der Waals surface area contributed by atoms with Gasteiger partial charge in [0.25, 0.3) is 0 Å². The molecule has 1 unspecified atom stereocenters. The number of hydrogen-bond donors (Lipinski definition) is 0. The SMILES string of the molecule is c1ccc(-c2ccc(N(c3ccc(-c4ccccc4)cc3)c3ccc4c(c3)[Si]3(c5ccccc5Oc5ccccc53)c3ccccc3[SiH]4c3ccccc3)cc2)cc1. The van der Waals surface area contributed by atoms with Gasteiger partial charge >= 0.3 is 0 Å². The molecule has 0 fully saturated rings. The van der Waals surface area contributed by atoms with E-state index < -0.39 is 16.9 Å². The summed E-state index contributed by atoms with van der Waals surface area (Å²) in [6.45, 7) is 0. The molecule has 58 heavy (non-hydrogen) atoms. The summed E-state index contributed by atoms with van der Waals surface area (Å²) in [5.41, 5.74) is 8.19. The minimum absolute atomic E-state index is 0.962. The molecule has 0 amide bonds. The Morgan fingerprint density at radius 2 is 0.741 bits per heavy atom. The molecule has 274 valence electrons. The molecule has 9 aromatic carbocycles. The van der Waals surface area contributed by atoms with Crippen LogP contribution in [0.4, 0.5) is 17.1 Å². The number of anilines is 3. The van der Waals surface area contributed by atoms with E-state index in [-0.39, 0.29) is 0 Å². The summed E-state index contributed by atoms with van der Waals surface area (Å²) >= 11 is 0. The highest BCUT2D eigenvalue weighted by molar-refractivity contribution is 7.27. The van der Waals surface area contributed by atoms with E-state index in [0.29, 0.717) is 0 Å². The standard InChI is InChI=1S/C54H39NOSi2/c1-4-16-39(17-5-1)41-28-32-43(33-29-41)55(44-34-30-42(31-35-44)40-18-6-2-7-19-40)45-36-37-50-54(38-45)58(51-25-13-10-22-47(51)56-48-23-11-14-26-52(48)58)53-27-15-12-24-49(53)57(50)46-20-8-3-9-21-46/h1-38,57H. The molecule has 0 bridgehead atoms. The zero-order chi connectivity index (χ0) is 38.5. The van der Waals surface area contributed by atoms with Gasteiger partial charge in [-0.3, -0.25) is 0 Å². The fourth-order valence-electron chi connectivity index (χ4n) is 9.56. The third-order valence-corrected chi connectivity index (χ3v) is 20.9.